The zero-order valence-electron chi connectivity index (χ0n) is 16.6. The van der Waals surface area contributed by atoms with Crippen LogP contribution in [0.15, 0.2) is 47.9 Å². The van der Waals surface area contributed by atoms with Crippen LogP contribution in [0.3, 0.4) is 0 Å². The van der Waals surface area contributed by atoms with Gasteiger partial charge in [-0.2, -0.15) is 0 Å². The van der Waals surface area contributed by atoms with Crippen LogP contribution in [0.4, 0.5) is 5.69 Å². The maximum absolute atomic E-state index is 4.42. The van der Waals surface area contributed by atoms with Crippen LogP contribution in [0.2, 0.25) is 0 Å². The number of hydrogen-bond acceptors (Lipinski definition) is 6. The van der Waals surface area contributed by atoms with Crippen LogP contribution in [0.5, 0.6) is 0 Å². The molecule has 2 unspecified atom stereocenters. The second-order valence-electron chi connectivity index (χ2n) is 7.58. The molecule has 150 valence electrons. The Morgan fingerprint density at radius 2 is 2.21 bits per heavy atom. The van der Waals surface area contributed by atoms with E-state index in [1.165, 1.54) is 41.7 Å². The van der Waals surface area contributed by atoms with Crippen LogP contribution < -0.4 is 10.2 Å². The molecule has 5 nitrogen and oxygen atoms in total. The first-order valence-electron chi connectivity index (χ1n) is 9.95. The third kappa shape index (κ3) is 4.36. The Morgan fingerprint density at radius 1 is 1.36 bits per heavy atom. The van der Waals surface area contributed by atoms with E-state index < -0.39 is 0 Å². The second-order valence-corrected chi connectivity index (χ2v) is 10.3. The van der Waals surface area contributed by atoms with Crippen molar-refractivity contribution in [1.82, 2.24) is 19.6 Å². The molecule has 1 fully saturated rings. The van der Waals surface area contributed by atoms with Crippen LogP contribution in [-0.2, 0) is 0 Å². The average Bonchev–Trinajstić information content (AvgIpc) is 3.18. The number of anilines is 1. The number of nitrogens with one attached hydrogen (secondary N) is 2. The molecule has 0 aromatic carbocycles. The van der Waals surface area contributed by atoms with E-state index in [9.17, 15) is 0 Å². The van der Waals surface area contributed by atoms with E-state index in [0.29, 0.717) is 11.3 Å². The minimum Gasteiger partial charge on any atom is -0.381 e. The summed E-state index contributed by atoms with van der Waals surface area (Å²) in [7, 11) is 4.28. The molecule has 1 saturated carbocycles. The lowest BCUT2D eigenvalue weighted by atomic mass is 9.94. The van der Waals surface area contributed by atoms with Crippen LogP contribution >= 0.6 is 23.7 Å². The van der Waals surface area contributed by atoms with Gasteiger partial charge in [0.25, 0.3) is 0 Å². The minimum atomic E-state index is 0.489. The number of fused-ring (bicyclic) bond motifs is 1. The van der Waals surface area contributed by atoms with Gasteiger partial charge in [0.2, 0.25) is 0 Å². The summed E-state index contributed by atoms with van der Waals surface area (Å²) in [4.78, 5) is 11.2. The Balaban J connectivity index is 1.50. The van der Waals surface area contributed by atoms with E-state index in [4.69, 9.17) is 0 Å². The fourth-order valence-corrected chi connectivity index (χ4v) is 6.11. The largest absolute Gasteiger partial charge is 0.381 e. The summed E-state index contributed by atoms with van der Waals surface area (Å²) in [6.07, 6.45) is 11.2. The summed E-state index contributed by atoms with van der Waals surface area (Å²) in [5.74, 6) is 1.06. The summed E-state index contributed by atoms with van der Waals surface area (Å²) in [5, 5.41) is 5.55. The summed E-state index contributed by atoms with van der Waals surface area (Å²) < 4.78 is 2.23. The molecule has 0 bridgehead atoms. The maximum Gasteiger partial charge on any atom is 0.139 e. The zero-order chi connectivity index (χ0) is 19.5. The van der Waals surface area contributed by atoms with Crippen LogP contribution in [0.25, 0.3) is 11.0 Å². The van der Waals surface area contributed by atoms with E-state index >= 15 is 0 Å². The number of rotatable bonds is 6. The first kappa shape index (κ1) is 19.7. The Labute approximate surface area is 176 Å². The highest BCUT2D eigenvalue weighted by Crippen LogP contribution is 2.35. The Morgan fingerprint density at radius 3 is 3.07 bits per heavy atom. The molecule has 0 spiro atoms. The van der Waals surface area contributed by atoms with Gasteiger partial charge < -0.3 is 15.2 Å². The molecule has 2 atom stereocenters. The van der Waals surface area contributed by atoms with Crippen molar-refractivity contribution in [3.05, 3.63) is 47.9 Å². The molecule has 2 aromatic rings. The fourth-order valence-electron chi connectivity index (χ4n) is 4.00. The Kier molecular flexibility index (Phi) is 6.23. The topological polar surface area (TPSA) is 47.2 Å². The number of thioether (sulfide) groups is 1. The predicted molar refractivity (Wildman–Crippen MR) is 124 cm³/mol. The van der Waals surface area contributed by atoms with Crippen molar-refractivity contribution in [1.29, 1.82) is 0 Å². The smallest absolute Gasteiger partial charge is 0.139 e. The van der Waals surface area contributed by atoms with Crippen LogP contribution in [0, 0.1) is 0 Å². The van der Waals surface area contributed by atoms with Crippen LogP contribution in [-0.4, -0.2) is 52.0 Å². The molecule has 0 amide bonds. The highest BCUT2D eigenvalue weighted by molar-refractivity contribution is 8.03. The van der Waals surface area contributed by atoms with E-state index in [1.807, 2.05) is 36.1 Å². The van der Waals surface area contributed by atoms with Gasteiger partial charge in [-0.25, -0.2) is 4.98 Å². The number of pyridine rings is 1. The van der Waals surface area contributed by atoms with Crippen molar-refractivity contribution in [2.75, 3.05) is 31.3 Å². The van der Waals surface area contributed by atoms with E-state index in [0.717, 1.165) is 23.6 Å². The van der Waals surface area contributed by atoms with Crippen molar-refractivity contribution < 1.29 is 0 Å². The molecule has 2 aliphatic rings. The lowest BCUT2D eigenvalue weighted by molar-refractivity contribution is 0.406. The molecular formula is C21H29N5S2. The number of H-pyrrole nitrogens is 1. The molecule has 2 aromatic heterocycles. The first-order valence-corrected chi connectivity index (χ1v) is 11.8. The summed E-state index contributed by atoms with van der Waals surface area (Å²) in [6, 6.07) is 4.69. The maximum atomic E-state index is 4.42. The lowest BCUT2D eigenvalue weighted by Crippen LogP contribution is -2.41. The van der Waals surface area contributed by atoms with Gasteiger partial charge in [0.05, 0.1) is 5.69 Å². The normalized spacial score (nSPS) is 23.1. The van der Waals surface area contributed by atoms with Gasteiger partial charge in [-0.05, 0) is 39.1 Å². The molecule has 3 heterocycles. The van der Waals surface area contributed by atoms with Gasteiger partial charge in [0, 0.05) is 58.2 Å². The lowest BCUT2D eigenvalue weighted by Gasteiger charge is -2.35. The van der Waals surface area contributed by atoms with Gasteiger partial charge >= 0.3 is 0 Å². The van der Waals surface area contributed by atoms with Gasteiger partial charge in [-0.15, -0.1) is 11.8 Å². The number of nitrogens with zero attached hydrogens (tertiary/aromatic N) is 3. The monoisotopic (exact) mass is 415 g/mol. The van der Waals surface area contributed by atoms with Crippen LogP contribution in [0.1, 0.15) is 25.7 Å². The summed E-state index contributed by atoms with van der Waals surface area (Å²) in [5.41, 5.74) is 3.20. The zero-order valence-corrected chi connectivity index (χ0v) is 18.3. The van der Waals surface area contributed by atoms with Crippen molar-refractivity contribution in [2.45, 2.75) is 37.0 Å². The molecule has 2 N–H and O–H groups in total. The fraction of sp³-hybridized carbons (Fsp3) is 0.476. The number of aromatic nitrogens is 2. The van der Waals surface area contributed by atoms with E-state index in [-0.39, 0.29) is 0 Å². The summed E-state index contributed by atoms with van der Waals surface area (Å²) in [6.45, 7) is 5.39. The third-order valence-corrected chi connectivity index (χ3v) is 7.62. The van der Waals surface area contributed by atoms with Crippen molar-refractivity contribution in [2.24, 2.45) is 0 Å². The van der Waals surface area contributed by atoms with Gasteiger partial charge in [0.15, 0.2) is 0 Å². The Bertz CT molecular complexity index is 859. The molecule has 0 saturated heterocycles. The third-order valence-electron chi connectivity index (χ3n) is 5.32. The molecule has 7 heteroatoms. The highest BCUT2D eigenvalue weighted by atomic mass is 32.2. The van der Waals surface area contributed by atoms with Crippen molar-refractivity contribution >= 4 is 40.4 Å². The predicted octanol–water partition coefficient (Wildman–Crippen LogP) is 4.58. The van der Waals surface area contributed by atoms with Gasteiger partial charge in [-0.1, -0.05) is 31.4 Å². The van der Waals surface area contributed by atoms with E-state index in [2.05, 4.69) is 63.5 Å². The standard InChI is InChI=1S/C21H29N5S2/c1-15(24-17-6-4-5-7-19(17)28-25(2)3)20-14-26(12-13-27-20)18-9-11-23-21-16(18)8-10-22-21/h8-11,14,17,19,24H,1,4-7,12-13H2,2-3H3,(H,22,23). The molecular weight excluding hydrogens is 386 g/mol. The van der Waals surface area contributed by atoms with Crippen molar-refractivity contribution in [3.63, 3.8) is 0 Å². The van der Waals surface area contributed by atoms with E-state index in [1.54, 1.807) is 0 Å². The molecule has 1 aliphatic carbocycles. The quantitative estimate of drug-likeness (QED) is 0.674. The molecule has 4 rings (SSSR count). The average molecular weight is 416 g/mol. The van der Waals surface area contributed by atoms with Gasteiger partial charge in [0.1, 0.15) is 5.65 Å². The molecule has 0 radical (unpaired) electrons. The Hall–Kier alpha value is -1.57. The van der Waals surface area contributed by atoms with Gasteiger partial charge in [-0.3, -0.25) is 4.31 Å². The van der Waals surface area contributed by atoms with Crippen molar-refractivity contribution in [3.8, 4) is 0 Å². The minimum absolute atomic E-state index is 0.489. The number of aromatic amines is 1. The molecule has 28 heavy (non-hydrogen) atoms. The number of hydrogen-bond donors (Lipinski definition) is 2. The summed E-state index contributed by atoms with van der Waals surface area (Å²) >= 11 is 3.85. The first-order chi connectivity index (χ1) is 13.6. The SMILES string of the molecule is C=C(NC1CCCCC1SN(C)C)C1=CN(c2ccnc3[nH]ccc23)CCS1. The highest BCUT2D eigenvalue weighted by Gasteiger charge is 2.27. The second kappa shape index (κ2) is 8.84. The molecule has 1 aliphatic heterocycles.